The molecular weight excluding hydrogens is 190 g/mol. The Balaban J connectivity index is 0.000000531. The van der Waals surface area contributed by atoms with Gasteiger partial charge in [0.2, 0.25) is 0 Å². The van der Waals surface area contributed by atoms with Gasteiger partial charge >= 0.3 is 0 Å². The molecule has 0 bridgehead atoms. The third-order valence-corrected chi connectivity index (χ3v) is 1.91. The first-order chi connectivity index (χ1) is 7.31. The monoisotopic (exact) mass is 205 g/mol. The number of aromatic hydroxyl groups is 1. The first-order valence-electron chi connectivity index (χ1n) is 4.93. The molecule has 0 aliphatic carbocycles. The second kappa shape index (κ2) is 5.20. The van der Waals surface area contributed by atoms with E-state index in [1.807, 2.05) is 13.8 Å². The number of rotatable bonds is 1. The normalized spacial score (nSPS) is 9.27. The summed E-state index contributed by atoms with van der Waals surface area (Å²) in [4.78, 5) is 4.11. The van der Waals surface area contributed by atoms with Gasteiger partial charge in [0.25, 0.3) is 0 Å². The SMILES string of the molecule is CC.COc1ccnc2cc(O)ccc12. The second-order valence-electron chi connectivity index (χ2n) is 2.71. The number of methoxy groups -OCH3 is 1. The van der Waals surface area contributed by atoms with Gasteiger partial charge in [-0.3, -0.25) is 4.98 Å². The topological polar surface area (TPSA) is 42.4 Å². The quantitative estimate of drug-likeness (QED) is 0.778. The number of aromatic nitrogens is 1. The van der Waals surface area contributed by atoms with Crippen LogP contribution in [-0.4, -0.2) is 17.2 Å². The minimum atomic E-state index is 0.216. The molecule has 1 N–H and O–H groups in total. The van der Waals surface area contributed by atoms with Crippen molar-refractivity contribution in [1.29, 1.82) is 0 Å². The Bertz CT molecular complexity index is 441. The second-order valence-corrected chi connectivity index (χ2v) is 2.71. The fourth-order valence-electron chi connectivity index (χ4n) is 1.29. The Kier molecular flexibility index (Phi) is 3.92. The zero-order valence-corrected chi connectivity index (χ0v) is 9.19. The molecule has 80 valence electrons. The van der Waals surface area contributed by atoms with Gasteiger partial charge in [0.15, 0.2) is 0 Å². The number of ether oxygens (including phenoxy) is 1. The highest BCUT2D eigenvalue weighted by atomic mass is 16.5. The molecule has 0 spiro atoms. The number of nitrogens with zero attached hydrogens (tertiary/aromatic N) is 1. The average Bonchev–Trinajstić information content (AvgIpc) is 2.30. The number of fused-ring (bicyclic) bond motifs is 1. The van der Waals surface area contributed by atoms with E-state index in [0.717, 1.165) is 16.7 Å². The van der Waals surface area contributed by atoms with Crippen molar-refractivity contribution in [2.75, 3.05) is 7.11 Å². The van der Waals surface area contributed by atoms with E-state index < -0.39 is 0 Å². The highest BCUT2D eigenvalue weighted by Gasteiger charge is 2.01. The van der Waals surface area contributed by atoms with Gasteiger partial charge in [0.05, 0.1) is 12.6 Å². The first-order valence-corrected chi connectivity index (χ1v) is 4.93. The number of benzene rings is 1. The number of pyridine rings is 1. The Morgan fingerprint density at radius 1 is 1.20 bits per heavy atom. The maximum atomic E-state index is 9.21. The zero-order valence-electron chi connectivity index (χ0n) is 9.19. The molecule has 2 aromatic rings. The smallest absolute Gasteiger partial charge is 0.129 e. The summed E-state index contributed by atoms with van der Waals surface area (Å²) in [6.07, 6.45) is 1.65. The maximum absolute atomic E-state index is 9.21. The number of hydrogen-bond donors (Lipinski definition) is 1. The predicted molar refractivity (Wildman–Crippen MR) is 61.3 cm³/mol. The summed E-state index contributed by atoms with van der Waals surface area (Å²) in [5.41, 5.74) is 0.736. The standard InChI is InChI=1S/C10H9NO2.C2H6/c1-13-10-4-5-11-9-6-7(12)2-3-8(9)10;1-2/h2-6,12H,1H3;1-2H3. The fraction of sp³-hybridized carbons (Fsp3) is 0.250. The van der Waals surface area contributed by atoms with Gasteiger partial charge in [-0.05, 0) is 18.2 Å². The summed E-state index contributed by atoms with van der Waals surface area (Å²) < 4.78 is 5.15. The molecule has 0 unspecified atom stereocenters. The molecule has 15 heavy (non-hydrogen) atoms. The molecular formula is C12H15NO2. The summed E-state index contributed by atoms with van der Waals surface area (Å²) >= 11 is 0. The lowest BCUT2D eigenvalue weighted by atomic mass is 10.2. The zero-order chi connectivity index (χ0) is 11.3. The van der Waals surface area contributed by atoms with Gasteiger partial charge in [0.1, 0.15) is 11.5 Å². The Hall–Kier alpha value is -1.77. The Morgan fingerprint density at radius 3 is 2.60 bits per heavy atom. The van der Waals surface area contributed by atoms with E-state index in [2.05, 4.69) is 4.98 Å². The van der Waals surface area contributed by atoms with Crippen LogP contribution in [0, 0.1) is 0 Å². The number of phenols is 1. The van der Waals surface area contributed by atoms with Crippen molar-refractivity contribution in [1.82, 2.24) is 4.98 Å². The third kappa shape index (κ3) is 2.37. The summed E-state index contributed by atoms with van der Waals surface area (Å²) in [5, 5.41) is 10.1. The molecule has 0 saturated heterocycles. The van der Waals surface area contributed by atoms with Crippen LogP contribution >= 0.6 is 0 Å². The first kappa shape index (κ1) is 11.3. The van der Waals surface area contributed by atoms with Crippen LogP contribution in [0.4, 0.5) is 0 Å². The number of hydrogen-bond acceptors (Lipinski definition) is 3. The van der Waals surface area contributed by atoms with Crippen LogP contribution in [0.15, 0.2) is 30.5 Å². The maximum Gasteiger partial charge on any atom is 0.129 e. The lowest BCUT2D eigenvalue weighted by Gasteiger charge is -2.03. The molecule has 0 atom stereocenters. The molecule has 1 heterocycles. The van der Waals surface area contributed by atoms with Crippen molar-refractivity contribution in [3.63, 3.8) is 0 Å². The highest BCUT2D eigenvalue weighted by Crippen LogP contribution is 2.25. The van der Waals surface area contributed by atoms with Gasteiger partial charge < -0.3 is 9.84 Å². The van der Waals surface area contributed by atoms with E-state index in [-0.39, 0.29) is 5.75 Å². The Morgan fingerprint density at radius 2 is 1.93 bits per heavy atom. The minimum absolute atomic E-state index is 0.216. The lowest BCUT2D eigenvalue weighted by Crippen LogP contribution is -1.86. The molecule has 2 rings (SSSR count). The van der Waals surface area contributed by atoms with Crippen LogP contribution in [0.25, 0.3) is 10.9 Å². The molecule has 0 aliphatic rings. The summed E-state index contributed by atoms with van der Waals surface area (Å²) in [6.45, 7) is 4.00. The molecule has 0 radical (unpaired) electrons. The molecule has 0 saturated carbocycles. The average molecular weight is 205 g/mol. The molecule has 0 amide bonds. The molecule has 0 aliphatic heterocycles. The third-order valence-electron chi connectivity index (χ3n) is 1.91. The summed E-state index contributed by atoms with van der Waals surface area (Å²) in [5.74, 6) is 0.984. The van der Waals surface area contributed by atoms with E-state index in [9.17, 15) is 5.11 Å². The Labute approximate surface area is 89.3 Å². The summed E-state index contributed by atoms with van der Waals surface area (Å²) in [6, 6.07) is 6.81. The molecule has 3 heteroatoms. The van der Waals surface area contributed by atoms with Crippen molar-refractivity contribution in [2.24, 2.45) is 0 Å². The number of phenolic OH excluding ortho intramolecular Hbond substituents is 1. The van der Waals surface area contributed by atoms with Gasteiger partial charge in [0, 0.05) is 17.6 Å². The van der Waals surface area contributed by atoms with Crippen molar-refractivity contribution in [2.45, 2.75) is 13.8 Å². The largest absolute Gasteiger partial charge is 0.508 e. The van der Waals surface area contributed by atoms with Crippen LogP contribution in [0.1, 0.15) is 13.8 Å². The molecule has 0 fully saturated rings. The molecule has 1 aromatic carbocycles. The van der Waals surface area contributed by atoms with Crippen LogP contribution in [0.3, 0.4) is 0 Å². The fourth-order valence-corrected chi connectivity index (χ4v) is 1.29. The van der Waals surface area contributed by atoms with E-state index in [0.29, 0.717) is 0 Å². The van der Waals surface area contributed by atoms with Crippen molar-refractivity contribution < 1.29 is 9.84 Å². The van der Waals surface area contributed by atoms with Crippen LogP contribution < -0.4 is 4.74 Å². The predicted octanol–water partition coefficient (Wildman–Crippen LogP) is 2.98. The van der Waals surface area contributed by atoms with Crippen LogP contribution in [-0.2, 0) is 0 Å². The minimum Gasteiger partial charge on any atom is -0.508 e. The molecule has 1 aromatic heterocycles. The van der Waals surface area contributed by atoms with E-state index >= 15 is 0 Å². The van der Waals surface area contributed by atoms with Crippen LogP contribution in [0.5, 0.6) is 11.5 Å². The van der Waals surface area contributed by atoms with Gasteiger partial charge in [-0.25, -0.2) is 0 Å². The van der Waals surface area contributed by atoms with Crippen LogP contribution in [0.2, 0.25) is 0 Å². The van der Waals surface area contributed by atoms with Crippen molar-refractivity contribution >= 4 is 10.9 Å². The molecule has 3 nitrogen and oxygen atoms in total. The van der Waals surface area contributed by atoms with E-state index in [4.69, 9.17) is 4.74 Å². The highest BCUT2D eigenvalue weighted by molar-refractivity contribution is 5.85. The van der Waals surface area contributed by atoms with E-state index in [1.54, 1.807) is 37.6 Å². The van der Waals surface area contributed by atoms with Crippen molar-refractivity contribution in [3.8, 4) is 11.5 Å². The van der Waals surface area contributed by atoms with Gasteiger partial charge in [-0.1, -0.05) is 13.8 Å². The lowest BCUT2D eigenvalue weighted by molar-refractivity contribution is 0.419. The van der Waals surface area contributed by atoms with Gasteiger partial charge in [-0.15, -0.1) is 0 Å². The van der Waals surface area contributed by atoms with Crippen molar-refractivity contribution in [3.05, 3.63) is 30.5 Å². The summed E-state index contributed by atoms with van der Waals surface area (Å²) in [7, 11) is 1.61. The van der Waals surface area contributed by atoms with Gasteiger partial charge in [-0.2, -0.15) is 0 Å². The van der Waals surface area contributed by atoms with E-state index in [1.165, 1.54) is 0 Å².